The van der Waals surface area contributed by atoms with Crippen molar-refractivity contribution < 1.29 is 4.79 Å². The lowest BCUT2D eigenvalue weighted by Crippen LogP contribution is -2.35. The van der Waals surface area contributed by atoms with Crippen molar-refractivity contribution >= 4 is 33.0 Å². The Hall–Kier alpha value is -1.56. The number of nitrogens with one attached hydrogen (secondary N) is 1. The van der Waals surface area contributed by atoms with Gasteiger partial charge in [-0.15, -0.1) is 0 Å². The van der Waals surface area contributed by atoms with E-state index < -0.39 is 5.91 Å². The molecule has 1 amide bonds. The molecule has 2 aromatic rings. The van der Waals surface area contributed by atoms with Crippen LogP contribution < -0.4 is 11.1 Å². The largest absolute Gasteiger partial charge is 0.379 e. The Kier molecular flexibility index (Phi) is 3.67. The Morgan fingerprint density at radius 3 is 2.82 bits per heavy atom. The predicted molar refractivity (Wildman–Crippen MR) is 91.0 cm³/mol. The van der Waals surface area contributed by atoms with Gasteiger partial charge in [0.25, 0.3) is 5.91 Å². The summed E-state index contributed by atoms with van der Waals surface area (Å²) < 4.78 is 2.67. The number of nitrogens with zero attached hydrogens (tertiary/aromatic N) is 2. The number of aromatic nitrogens is 2. The molecule has 0 unspecified atom stereocenters. The third kappa shape index (κ3) is 2.39. The smallest absolute Gasteiger partial charge is 0.252 e. The standard InChI is InChI=1S/C16H21BrN4O/c1-9-4-5-13(16(9,2)3)20-14-11(15(18)22)7-19-21-8-10(17)6-12(14)21/h6-9,13,20H,4-5H2,1-3H3,(H2,18,22)/t9-,13-/m0/s1. The number of primary amides is 1. The second-order valence-electron chi connectivity index (χ2n) is 6.78. The van der Waals surface area contributed by atoms with E-state index in [9.17, 15) is 4.79 Å². The van der Waals surface area contributed by atoms with Crippen LogP contribution in [-0.2, 0) is 0 Å². The molecule has 0 spiro atoms. The number of carbonyl (C=O) groups excluding carboxylic acids is 1. The Balaban J connectivity index is 2.08. The predicted octanol–water partition coefficient (Wildman–Crippen LogP) is 3.43. The van der Waals surface area contributed by atoms with Crippen molar-refractivity contribution in [2.75, 3.05) is 5.32 Å². The van der Waals surface area contributed by atoms with Gasteiger partial charge in [-0.1, -0.05) is 20.8 Å². The summed E-state index contributed by atoms with van der Waals surface area (Å²) in [7, 11) is 0. The molecule has 0 aromatic carbocycles. The summed E-state index contributed by atoms with van der Waals surface area (Å²) in [5, 5.41) is 7.84. The first-order valence-corrected chi connectivity index (χ1v) is 8.33. The minimum Gasteiger partial charge on any atom is -0.379 e. The fourth-order valence-corrected chi connectivity index (χ4v) is 3.71. The highest BCUT2D eigenvalue weighted by atomic mass is 79.9. The molecule has 6 heteroatoms. The van der Waals surface area contributed by atoms with Crippen molar-refractivity contribution in [2.45, 2.75) is 39.7 Å². The molecular formula is C16H21BrN4O. The highest BCUT2D eigenvalue weighted by molar-refractivity contribution is 9.10. The summed E-state index contributed by atoms with van der Waals surface area (Å²) in [5.41, 5.74) is 7.78. The first kappa shape index (κ1) is 15.3. The Bertz CT molecular complexity index is 737. The van der Waals surface area contributed by atoms with Gasteiger partial charge in [0.1, 0.15) is 0 Å². The quantitative estimate of drug-likeness (QED) is 0.875. The first-order chi connectivity index (χ1) is 10.3. The van der Waals surface area contributed by atoms with Gasteiger partial charge < -0.3 is 11.1 Å². The number of hydrogen-bond acceptors (Lipinski definition) is 3. The number of fused-ring (bicyclic) bond motifs is 1. The molecule has 3 N–H and O–H groups in total. The molecule has 3 rings (SSSR count). The molecule has 0 bridgehead atoms. The summed E-state index contributed by atoms with van der Waals surface area (Å²) in [6.07, 6.45) is 5.68. The van der Waals surface area contributed by atoms with Gasteiger partial charge in [0.05, 0.1) is 23.0 Å². The molecule has 118 valence electrons. The minimum absolute atomic E-state index is 0.166. The van der Waals surface area contributed by atoms with E-state index in [0.717, 1.165) is 22.1 Å². The zero-order valence-electron chi connectivity index (χ0n) is 13.1. The SMILES string of the molecule is C[C@H]1CC[C@H](Nc2c(C(N)=O)cnn3cc(Br)cc23)C1(C)C. The number of nitrogens with two attached hydrogens (primary N) is 1. The van der Waals surface area contributed by atoms with Crippen LogP contribution in [0.15, 0.2) is 22.9 Å². The molecule has 1 aliphatic carbocycles. The van der Waals surface area contributed by atoms with Gasteiger partial charge in [0, 0.05) is 16.7 Å². The lowest BCUT2D eigenvalue weighted by molar-refractivity contribution is 0.100. The van der Waals surface area contributed by atoms with Gasteiger partial charge in [-0.2, -0.15) is 5.10 Å². The van der Waals surface area contributed by atoms with E-state index >= 15 is 0 Å². The van der Waals surface area contributed by atoms with Gasteiger partial charge in [0.2, 0.25) is 0 Å². The molecule has 22 heavy (non-hydrogen) atoms. The fourth-order valence-electron chi connectivity index (χ4n) is 3.30. The van der Waals surface area contributed by atoms with Crippen LogP contribution in [0.5, 0.6) is 0 Å². The van der Waals surface area contributed by atoms with Crippen LogP contribution in [0.4, 0.5) is 5.69 Å². The van der Waals surface area contributed by atoms with Crippen molar-refractivity contribution in [1.29, 1.82) is 0 Å². The van der Waals surface area contributed by atoms with Crippen molar-refractivity contribution in [3.05, 3.63) is 28.5 Å². The van der Waals surface area contributed by atoms with E-state index in [2.05, 4.69) is 47.1 Å². The maximum absolute atomic E-state index is 11.8. The minimum atomic E-state index is -0.460. The topological polar surface area (TPSA) is 72.4 Å². The fraction of sp³-hybridized carbons (Fsp3) is 0.500. The van der Waals surface area contributed by atoms with Crippen molar-refractivity contribution in [2.24, 2.45) is 17.1 Å². The molecule has 1 aliphatic rings. The van der Waals surface area contributed by atoms with E-state index in [-0.39, 0.29) is 5.41 Å². The number of carbonyl (C=O) groups is 1. The Morgan fingerprint density at radius 1 is 1.50 bits per heavy atom. The van der Waals surface area contributed by atoms with Crippen LogP contribution >= 0.6 is 15.9 Å². The third-order valence-electron chi connectivity index (χ3n) is 5.24. The summed E-state index contributed by atoms with van der Waals surface area (Å²) in [6, 6.07) is 2.26. The highest BCUT2D eigenvalue weighted by Gasteiger charge is 2.41. The van der Waals surface area contributed by atoms with E-state index in [1.807, 2.05) is 12.3 Å². The van der Waals surface area contributed by atoms with Gasteiger partial charge in [-0.25, -0.2) is 4.52 Å². The van der Waals surface area contributed by atoms with Crippen molar-refractivity contribution in [1.82, 2.24) is 9.61 Å². The molecule has 0 radical (unpaired) electrons. The van der Waals surface area contributed by atoms with Gasteiger partial charge in [-0.3, -0.25) is 4.79 Å². The number of anilines is 1. The lowest BCUT2D eigenvalue weighted by atomic mass is 9.80. The Morgan fingerprint density at radius 2 is 2.23 bits per heavy atom. The molecule has 2 aromatic heterocycles. The zero-order chi connectivity index (χ0) is 16.1. The molecule has 1 fully saturated rings. The normalized spacial score (nSPS) is 23.8. The summed E-state index contributed by atoms with van der Waals surface area (Å²) >= 11 is 3.46. The number of hydrogen-bond donors (Lipinski definition) is 2. The van der Waals surface area contributed by atoms with Crippen LogP contribution in [0.3, 0.4) is 0 Å². The van der Waals surface area contributed by atoms with E-state index in [0.29, 0.717) is 17.5 Å². The highest BCUT2D eigenvalue weighted by Crippen LogP contribution is 2.44. The van der Waals surface area contributed by atoms with Gasteiger partial charge >= 0.3 is 0 Å². The van der Waals surface area contributed by atoms with Crippen molar-refractivity contribution in [3.8, 4) is 0 Å². The average Bonchev–Trinajstić information content (AvgIpc) is 2.92. The first-order valence-electron chi connectivity index (χ1n) is 7.54. The molecule has 2 atom stereocenters. The van der Waals surface area contributed by atoms with Crippen LogP contribution in [0, 0.1) is 11.3 Å². The monoisotopic (exact) mass is 364 g/mol. The second-order valence-corrected chi connectivity index (χ2v) is 7.70. The molecule has 0 saturated heterocycles. The lowest BCUT2D eigenvalue weighted by Gasteiger charge is -2.33. The van der Waals surface area contributed by atoms with Gasteiger partial charge in [-0.05, 0) is 46.2 Å². The van der Waals surface area contributed by atoms with E-state index in [1.54, 1.807) is 4.52 Å². The van der Waals surface area contributed by atoms with Crippen molar-refractivity contribution in [3.63, 3.8) is 0 Å². The van der Waals surface area contributed by atoms with Gasteiger partial charge in [0.15, 0.2) is 0 Å². The summed E-state index contributed by atoms with van der Waals surface area (Å²) in [6.45, 7) is 6.84. The molecule has 5 nitrogen and oxygen atoms in total. The Labute approximate surface area is 138 Å². The summed E-state index contributed by atoms with van der Waals surface area (Å²) in [5.74, 6) is 0.178. The van der Waals surface area contributed by atoms with Crippen LogP contribution in [0.1, 0.15) is 44.0 Å². The van der Waals surface area contributed by atoms with Crippen LogP contribution in [0.2, 0.25) is 0 Å². The van der Waals surface area contributed by atoms with E-state index in [4.69, 9.17) is 5.73 Å². The van der Waals surface area contributed by atoms with Crippen LogP contribution in [0.25, 0.3) is 5.52 Å². The van der Waals surface area contributed by atoms with E-state index in [1.165, 1.54) is 12.6 Å². The maximum atomic E-state index is 11.8. The molecular weight excluding hydrogens is 344 g/mol. The molecule has 2 heterocycles. The average molecular weight is 365 g/mol. The molecule has 1 saturated carbocycles. The third-order valence-corrected chi connectivity index (χ3v) is 5.68. The summed E-state index contributed by atoms with van der Waals surface area (Å²) in [4.78, 5) is 11.8. The zero-order valence-corrected chi connectivity index (χ0v) is 14.6. The number of halogens is 1. The number of amides is 1. The maximum Gasteiger partial charge on any atom is 0.252 e. The molecule has 0 aliphatic heterocycles. The second kappa shape index (κ2) is 5.26. The van der Waals surface area contributed by atoms with Crippen LogP contribution in [-0.4, -0.2) is 21.6 Å². The number of rotatable bonds is 3.